The highest BCUT2D eigenvalue weighted by atomic mass is 16.5. The minimum absolute atomic E-state index is 0.133. The third kappa shape index (κ3) is 1.93. The molecule has 0 saturated heterocycles. The van der Waals surface area contributed by atoms with E-state index in [2.05, 4.69) is 5.10 Å². The van der Waals surface area contributed by atoms with Gasteiger partial charge in [-0.3, -0.25) is 4.79 Å². The maximum atomic E-state index is 12.9. The van der Waals surface area contributed by atoms with E-state index in [4.69, 9.17) is 4.74 Å². The van der Waals surface area contributed by atoms with E-state index in [0.717, 1.165) is 22.0 Å². The number of para-hydroxylation sites is 1. The van der Waals surface area contributed by atoms with Gasteiger partial charge in [-0.1, -0.05) is 18.2 Å². The predicted octanol–water partition coefficient (Wildman–Crippen LogP) is 2.89. The molecule has 0 aliphatic rings. The Kier molecular flexibility index (Phi) is 2.94. The standard InChI is InChI=1S/C18H15N3O2/c1-20-16-6-4-3-5-14(16)15-11-19-21(18(22)17(15)20)12-7-9-13(23-2)10-8-12/h3-11H,1-2H3. The third-order valence-electron chi connectivity index (χ3n) is 4.16. The van der Waals surface area contributed by atoms with Crippen molar-refractivity contribution in [3.63, 3.8) is 0 Å². The van der Waals surface area contributed by atoms with E-state index in [1.54, 1.807) is 13.3 Å². The first kappa shape index (κ1) is 13.6. The Hall–Kier alpha value is -3.08. The second-order valence-corrected chi connectivity index (χ2v) is 5.40. The molecule has 0 spiro atoms. The van der Waals surface area contributed by atoms with Crippen molar-refractivity contribution in [3.8, 4) is 11.4 Å². The number of hydrogen-bond donors (Lipinski definition) is 0. The number of aromatic nitrogens is 3. The van der Waals surface area contributed by atoms with Gasteiger partial charge in [-0.2, -0.15) is 9.78 Å². The lowest BCUT2D eigenvalue weighted by atomic mass is 10.2. The number of ether oxygens (including phenoxy) is 1. The fraction of sp³-hybridized carbons (Fsp3) is 0.111. The molecule has 4 aromatic rings. The van der Waals surface area contributed by atoms with Crippen LogP contribution in [0.5, 0.6) is 5.75 Å². The van der Waals surface area contributed by atoms with Gasteiger partial charge in [-0.15, -0.1) is 0 Å². The van der Waals surface area contributed by atoms with Gasteiger partial charge >= 0.3 is 0 Å². The molecule has 2 heterocycles. The summed E-state index contributed by atoms with van der Waals surface area (Å²) >= 11 is 0. The largest absolute Gasteiger partial charge is 0.497 e. The first-order valence-electron chi connectivity index (χ1n) is 7.30. The van der Waals surface area contributed by atoms with Crippen LogP contribution in [0.4, 0.5) is 0 Å². The predicted molar refractivity (Wildman–Crippen MR) is 90.4 cm³/mol. The molecule has 23 heavy (non-hydrogen) atoms. The molecule has 5 nitrogen and oxygen atoms in total. The summed E-state index contributed by atoms with van der Waals surface area (Å²) in [5.41, 5.74) is 2.25. The number of fused-ring (bicyclic) bond motifs is 3. The summed E-state index contributed by atoms with van der Waals surface area (Å²) in [6.45, 7) is 0. The second-order valence-electron chi connectivity index (χ2n) is 5.40. The summed E-state index contributed by atoms with van der Waals surface area (Å²) in [7, 11) is 3.52. The average molecular weight is 305 g/mol. The fourth-order valence-corrected chi connectivity index (χ4v) is 2.99. The van der Waals surface area contributed by atoms with Crippen LogP contribution in [0.25, 0.3) is 27.5 Å². The van der Waals surface area contributed by atoms with Crippen LogP contribution in [0.15, 0.2) is 59.5 Å². The Morgan fingerprint density at radius 3 is 2.48 bits per heavy atom. The second kappa shape index (κ2) is 4.98. The van der Waals surface area contributed by atoms with Gasteiger partial charge in [0.25, 0.3) is 5.56 Å². The van der Waals surface area contributed by atoms with Gasteiger partial charge < -0.3 is 9.30 Å². The van der Waals surface area contributed by atoms with Gasteiger partial charge in [0.1, 0.15) is 11.3 Å². The number of methoxy groups -OCH3 is 1. The first-order valence-corrected chi connectivity index (χ1v) is 7.30. The molecular formula is C18H15N3O2. The molecule has 0 saturated carbocycles. The minimum Gasteiger partial charge on any atom is -0.497 e. The molecule has 0 unspecified atom stereocenters. The number of rotatable bonds is 2. The van der Waals surface area contributed by atoms with Crippen molar-refractivity contribution in [1.82, 2.24) is 14.3 Å². The van der Waals surface area contributed by atoms with Gasteiger partial charge in [0.15, 0.2) is 0 Å². The van der Waals surface area contributed by atoms with E-state index in [9.17, 15) is 4.79 Å². The maximum Gasteiger partial charge on any atom is 0.296 e. The monoisotopic (exact) mass is 305 g/mol. The summed E-state index contributed by atoms with van der Waals surface area (Å²) in [5, 5.41) is 6.26. The number of benzene rings is 2. The topological polar surface area (TPSA) is 49.0 Å². The Labute approximate surface area is 132 Å². The summed E-state index contributed by atoms with van der Waals surface area (Å²) in [6, 6.07) is 15.2. The SMILES string of the molecule is COc1ccc(-n2ncc3c4ccccc4n(C)c3c2=O)cc1. The zero-order valence-corrected chi connectivity index (χ0v) is 12.9. The molecule has 2 aromatic heterocycles. The summed E-state index contributed by atoms with van der Waals surface area (Å²) < 4.78 is 8.50. The van der Waals surface area contributed by atoms with E-state index >= 15 is 0 Å². The van der Waals surface area contributed by atoms with Crippen molar-refractivity contribution in [2.45, 2.75) is 0 Å². The zero-order chi connectivity index (χ0) is 16.0. The van der Waals surface area contributed by atoms with Crippen molar-refractivity contribution in [2.24, 2.45) is 7.05 Å². The van der Waals surface area contributed by atoms with E-state index in [-0.39, 0.29) is 5.56 Å². The van der Waals surface area contributed by atoms with Crippen LogP contribution >= 0.6 is 0 Å². The summed E-state index contributed by atoms with van der Waals surface area (Å²) in [5.74, 6) is 0.743. The van der Waals surface area contributed by atoms with Crippen LogP contribution in [0, 0.1) is 0 Å². The van der Waals surface area contributed by atoms with Crippen LogP contribution in [-0.2, 0) is 7.05 Å². The molecule has 0 fully saturated rings. The molecule has 0 atom stereocenters. The Bertz CT molecular complexity index is 1080. The number of aryl methyl sites for hydroxylation is 1. The summed E-state index contributed by atoms with van der Waals surface area (Å²) in [6.07, 6.45) is 1.75. The van der Waals surface area contributed by atoms with Crippen molar-refractivity contribution in [3.05, 3.63) is 65.1 Å². The van der Waals surface area contributed by atoms with Gasteiger partial charge in [-0.05, 0) is 30.3 Å². The van der Waals surface area contributed by atoms with Crippen molar-refractivity contribution in [2.75, 3.05) is 7.11 Å². The van der Waals surface area contributed by atoms with Crippen LogP contribution in [0.3, 0.4) is 0 Å². The molecule has 0 aliphatic carbocycles. The average Bonchev–Trinajstić information content (AvgIpc) is 2.89. The Balaban J connectivity index is 2.02. The van der Waals surface area contributed by atoms with Crippen molar-refractivity contribution < 1.29 is 4.74 Å². The normalized spacial score (nSPS) is 11.2. The molecule has 2 aromatic carbocycles. The molecule has 4 rings (SSSR count). The molecule has 5 heteroatoms. The lowest BCUT2D eigenvalue weighted by Crippen LogP contribution is -2.22. The minimum atomic E-state index is -0.133. The Morgan fingerprint density at radius 2 is 1.74 bits per heavy atom. The highest BCUT2D eigenvalue weighted by Gasteiger charge is 2.14. The number of hydrogen-bond acceptors (Lipinski definition) is 3. The lowest BCUT2D eigenvalue weighted by Gasteiger charge is -2.06. The number of nitrogens with zero attached hydrogens (tertiary/aromatic N) is 3. The lowest BCUT2D eigenvalue weighted by molar-refractivity contribution is 0.414. The zero-order valence-electron chi connectivity index (χ0n) is 12.9. The smallest absolute Gasteiger partial charge is 0.296 e. The molecule has 0 N–H and O–H groups in total. The molecule has 0 amide bonds. The molecule has 0 radical (unpaired) electrons. The highest BCUT2D eigenvalue weighted by molar-refractivity contribution is 6.07. The van der Waals surface area contributed by atoms with Crippen LogP contribution < -0.4 is 10.3 Å². The van der Waals surface area contributed by atoms with Crippen LogP contribution in [0.1, 0.15) is 0 Å². The Morgan fingerprint density at radius 1 is 1.00 bits per heavy atom. The quantitative estimate of drug-likeness (QED) is 0.572. The fourth-order valence-electron chi connectivity index (χ4n) is 2.99. The summed E-state index contributed by atoms with van der Waals surface area (Å²) in [4.78, 5) is 12.9. The van der Waals surface area contributed by atoms with Gasteiger partial charge in [-0.25, -0.2) is 0 Å². The van der Waals surface area contributed by atoms with E-state index in [0.29, 0.717) is 11.2 Å². The van der Waals surface area contributed by atoms with Crippen LogP contribution in [0.2, 0.25) is 0 Å². The maximum absolute atomic E-state index is 12.9. The molecule has 0 aliphatic heterocycles. The van der Waals surface area contributed by atoms with E-state index in [1.807, 2.05) is 60.1 Å². The van der Waals surface area contributed by atoms with Crippen LogP contribution in [-0.4, -0.2) is 21.5 Å². The molecule has 114 valence electrons. The third-order valence-corrected chi connectivity index (χ3v) is 4.16. The van der Waals surface area contributed by atoms with Crippen molar-refractivity contribution in [1.29, 1.82) is 0 Å². The highest BCUT2D eigenvalue weighted by Crippen LogP contribution is 2.25. The molecular weight excluding hydrogens is 290 g/mol. The van der Waals surface area contributed by atoms with E-state index < -0.39 is 0 Å². The van der Waals surface area contributed by atoms with E-state index in [1.165, 1.54) is 4.68 Å². The molecule has 0 bridgehead atoms. The first-order chi connectivity index (χ1) is 11.2. The van der Waals surface area contributed by atoms with Gasteiger partial charge in [0, 0.05) is 23.3 Å². The van der Waals surface area contributed by atoms with Gasteiger partial charge in [0.2, 0.25) is 0 Å². The van der Waals surface area contributed by atoms with Gasteiger partial charge in [0.05, 0.1) is 19.0 Å². The van der Waals surface area contributed by atoms with Crippen molar-refractivity contribution >= 4 is 21.8 Å².